The van der Waals surface area contributed by atoms with Crippen molar-refractivity contribution in [1.82, 2.24) is 4.98 Å². The van der Waals surface area contributed by atoms with Gasteiger partial charge in [-0.3, -0.25) is 10.1 Å². The van der Waals surface area contributed by atoms with Crippen LogP contribution in [0, 0.1) is 17.0 Å². The lowest BCUT2D eigenvalue weighted by Crippen LogP contribution is -2.05. The third-order valence-electron chi connectivity index (χ3n) is 2.67. The van der Waals surface area contributed by atoms with Crippen molar-refractivity contribution in [2.24, 2.45) is 0 Å². The molecule has 2 rings (SSSR count). The van der Waals surface area contributed by atoms with Crippen molar-refractivity contribution in [3.8, 4) is 11.6 Å². The molecular weight excluding hydrogens is 344 g/mol. The quantitative estimate of drug-likeness (QED) is 0.666. The minimum atomic E-state index is -1.44. The van der Waals surface area contributed by atoms with Gasteiger partial charge in [0.1, 0.15) is 0 Å². The number of aromatic nitrogens is 1. The lowest BCUT2D eigenvalue weighted by atomic mass is 10.1. The van der Waals surface area contributed by atoms with Crippen molar-refractivity contribution in [2.45, 2.75) is 6.92 Å². The first-order chi connectivity index (χ1) is 9.91. The van der Waals surface area contributed by atoms with Crippen LogP contribution in [0.15, 0.2) is 34.9 Å². The van der Waals surface area contributed by atoms with Gasteiger partial charge in [-0.25, -0.2) is 9.78 Å². The van der Waals surface area contributed by atoms with Crippen LogP contribution in [0.25, 0.3) is 0 Å². The van der Waals surface area contributed by atoms with Crippen LogP contribution < -0.4 is 4.74 Å². The van der Waals surface area contributed by atoms with E-state index in [0.717, 1.165) is 11.6 Å². The number of carbonyl (C=O) groups is 1. The first-order valence-electron chi connectivity index (χ1n) is 5.71. The molecule has 1 heterocycles. The van der Waals surface area contributed by atoms with E-state index < -0.39 is 22.1 Å². The lowest BCUT2D eigenvalue weighted by molar-refractivity contribution is -0.385. The van der Waals surface area contributed by atoms with Crippen molar-refractivity contribution in [3.05, 3.63) is 56.2 Å². The predicted octanol–water partition coefficient (Wildman–Crippen LogP) is 3.55. The number of hydrogen-bond acceptors (Lipinski definition) is 5. The number of carboxylic acid groups (broad SMARTS) is 1. The highest BCUT2D eigenvalue weighted by Gasteiger charge is 2.25. The van der Waals surface area contributed by atoms with E-state index in [0.29, 0.717) is 4.47 Å². The predicted molar refractivity (Wildman–Crippen MR) is 76.8 cm³/mol. The smallest absolute Gasteiger partial charge is 0.346 e. The van der Waals surface area contributed by atoms with E-state index in [-0.39, 0.29) is 11.6 Å². The second kappa shape index (κ2) is 5.88. The Morgan fingerprint density at radius 3 is 2.76 bits per heavy atom. The summed E-state index contributed by atoms with van der Waals surface area (Å²) in [6.45, 7) is 1.81. The van der Waals surface area contributed by atoms with Crippen LogP contribution >= 0.6 is 15.9 Å². The number of aromatic carboxylic acids is 1. The first-order valence-corrected chi connectivity index (χ1v) is 6.50. The monoisotopic (exact) mass is 352 g/mol. The van der Waals surface area contributed by atoms with Crippen LogP contribution in [0.3, 0.4) is 0 Å². The molecule has 108 valence electrons. The molecule has 1 aromatic heterocycles. The maximum atomic E-state index is 11.3. The van der Waals surface area contributed by atoms with Gasteiger partial charge in [-0.05, 0) is 40.5 Å². The zero-order valence-electron chi connectivity index (χ0n) is 10.7. The molecule has 21 heavy (non-hydrogen) atoms. The average molecular weight is 353 g/mol. The normalized spacial score (nSPS) is 10.2. The van der Waals surface area contributed by atoms with Crippen LogP contribution in [-0.2, 0) is 0 Å². The molecule has 0 amide bonds. The van der Waals surface area contributed by atoms with Crippen LogP contribution in [0.2, 0.25) is 0 Å². The highest BCUT2D eigenvalue weighted by molar-refractivity contribution is 9.10. The Morgan fingerprint density at radius 2 is 2.14 bits per heavy atom. The molecule has 0 aliphatic rings. The Morgan fingerprint density at radius 1 is 1.43 bits per heavy atom. The van der Waals surface area contributed by atoms with Crippen LogP contribution in [-0.4, -0.2) is 21.0 Å². The van der Waals surface area contributed by atoms with E-state index in [1.54, 1.807) is 6.07 Å². The third-order valence-corrected chi connectivity index (χ3v) is 3.64. The lowest BCUT2D eigenvalue weighted by Gasteiger charge is -2.10. The number of ether oxygens (including phenoxy) is 1. The Balaban J connectivity index is 2.54. The van der Waals surface area contributed by atoms with Crippen molar-refractivity contribution in [3.63, 3.8) is 0 Å². The van der Waals surface area contributed by atoms with Crippen LogP contribution in [0.4, 0.5) is 5.69 Å². The summed E-state index contributed by atoms with van der Waals surface area (Å²) >= 11 is 3.28. The second-order valence-corrected chi connectivity index (χ2v) is 4.85. The SMILES string of the molecule is Cc1ccnc(Oc2cccc([N+](=O)[O-])c2C(=O)O)c1Br. The zero-order valence-corrected chi connectivity index (χ0v) is 12.3. The minimum absolute atomic E-state index is 0.137. The molecule has 0 radical (unpaired) electrons. The van der Waals surface area contributed by atoms with Crippen molar-refractivity contribution >= 4 is 27.6 Å². The fourth-order valence-corrected chi connectivity index (χ4v) is 1.98. The fraction of sp³-hybridized carbons (Fsp3) is 0.0769. The molecule has 8 heteroatoms. The maximum absolute atomic E-state index is 11.3. The van der Waals surface area contributed by atoms with E-state index in [4.69, 9.17) is 4.74 Å². The van der Waals surface area contributed by atoms with E-state index in [9.17, 15) is 20.0 Å². The molecule has 0 atom stereocenters. The van der Waals surface area contributed by atoms with E-state index >= 15 is 0 Å². The van der Waals surface area contributed by atoms with Gasteiger partial charge in [-0.1, -0.05) is 6.07 Å². The van der Waals surface area contributed by atoms with Gasteiger partial charge in [0.15, 0.2) is 11.3 Å². The molecule has 0 aliphatic carbocycles. The second-order valence-electron chi connectivity index (χ2n) is 4.06. The Labute approximate surface area is 127 Å². The summed E-state index contributed by atoms with van der Waals surface area (Å²) in [4.78, 5) is 25.4. The average Bonchev–Trinajstić information content (AvgIpc) is 2.43. The van der Waals surface area contributed by atoms with Crippen LogP contribution in [0.1, 0.15) is 15.9 Å². The summed E-state index contributed by atoms with van der Waals surface area (Å²) in [5.41, 5.74) is -0.219. The van der Waals surface area contributed by atoms with Gasteiger partial charge < -0.3 is 9.84 Å². The first kappa shape index (κ1) is 14.9. The molecule has 0 fully saturated rings. The van der Waals surface area contributed by atoms with Gasteiger partial charge in [-0.15, -0.1) is 0 Å². The Hall–Kier alpha value is -2.48. The van der Waals surface area contributed by atoms with Gasteiger partial charge in [0, 0.05) is 12.3 Å². The summed E-state index contributed by atoms with van der Waals surface area (Å²) in [5.74, 6) is -1.45. The molecule has 2 aromatic rings. The third kappa shape index (κ3) is 3.00. The Kier molecular flexibility index (Phi) is 4.18. The van der Waals surface area contributed by atoms with Crippen molar-refractivity contribution in [1.29, 1.82) is 0 Å². The van der Waals surface area contributed by atoms with E-state index in [1.807, 2.05) is 6.92 Å². The minimum Gasteiger partial charge on any atom is -0.477 e. The molecule has 0 unspecified atom stereocenters. The zero-order chi connectivity index (χ0) is 15.6. The highest BCUT2D eigenvalue weighted by atomic mass is 79.9. The molecule has 0 aliphatic heterocycles. The number of nitrogens with zero attached hydrogens (tertiary/aromatic N) is 2. The number of rotatable bonds is 4. The summed E-state index contributed by atoms with van der Waals surface area (Å²) in [6.07, 6.45) is 1.49. The summed E-state index contributed by atoms with van der Waals surface area (Å²) in [6, 6.07) is 5.54. The molecule has 7 nitrogen and oxygen atoms in total. The van der Waals surface area contributed by atoms with Gasteiger partial charge in [0.25, 0.3) is 5.69 Å². The van der Waals surface area contributed by atoms with Crippen LogP contribution in [0.5, 0.6) is 11.6 Å². The number of halogens is 1. The van der Waals surface area contributed by atoms with Gasteiger partial charge in [-0.2, -0.15) is 0 Å². The van der Waals surface area contributed by atoms with Gasteiger partial charge in [0.05, 0.1) is 9.40 Å². The summed E-state index contributed by atoms with van der Waals surface area (Å²) in [7, 11) is 0. The number of carboxylic acids is 1. The number of nitro groups is 1. The van der Waals surface area contributed by atoms with Crippen molar-refractivity contribution in [2.75, 3.05) is 0 Å². The number of nitro benzene ring substituents is 1. The van der Waals surface area contributed by atoms with E-state index in [1.165, 1.54) is 18.3 Å². The topological polar surface area (TPSA) is 103 Å². The number of aryl methyl sites for hydroxylation is 1. The van der Waals surface area contributed by atoms with Gasteiger partial charge >= 0.3 is 5.97 Å². The molecule has 1 aromatic carbocycles. The summed E-state index contributed by atoms with van der Waals surface area (Å²) < 4.78 is 5.98. The number of benzene rings is 1. The van der Waals surface area contributed by atoms with Gasteiger partial charge in [0.2, 0.25) is 5.88 Å². The Bertz CT molecular complexity index is 732. The summed E-state index contributed by atoms with van der Waals surface area (Å²) in [5, 5.41) is 20.1. The molecular formula is C13H9BrN2O5. The molecule has 0 saturated heterocycles. The highest BCUT2D eigenvalue weighted by Crippen LogP contribution is 2.34. The molecule has 0 spiro atoms. The fourth-order valence-electron chi connectivity index (χ4n) is 1.66. The molecule has 0 bridgehead atoms. The van der Waals surface area contributed by atoms with E-state index in [2.05, 4.69) is 20.9 Å². The molecule has 0 saturated carbocycles. The standard InChI is InChI=1S/C13H9BrN2O5/c1-7-5-6-15-12(11(7)14)21-9-4-2-3-8(16(19)20)10(9)13(17)18/h2-6H,1H3,(H,17,18). The number of pyridine rings is 1. The largest absolute Gasteiger partial charge is 0.477 e. The van der Waals surface area contributed by atoms with Crippen molar-refractivity contribution < 1.29 is 19.6 Å². The molecule has 1 N–H and O–H groups in total. The number of hydrogen-bond donors (Lipinski definition) is 1. The maximum Gasteiger partial charge on any atom is 0.346 e.